The molecule has 2 atom stereocenters. The minimum atomic E-state index is -0.202. The molecule has 8 heteroatoms. The second-order valence-electron chi connectivity index (χ2n) is 7.67. The third-order valence-corrected chi connectivity index (χ3v) is 5.99. The van der Waals surface area contributed by atoms with E-state index in [4.69, 9.17) is 5.73 Å². The first-order chi connectivity index (χ1) is 12.5. The fourth-order valence-corrected chi connectivity index (χ4v) is 4.49. The number of aryl methyl sites for hydroxylation is 1. The Morgan fingerprint density at radius 3 is 2.37 bits per heavy atom. The molecule has 1 aromatic carbocycles. The van der Waals surface area contributed by atoms with Crippen LogP contribution in [-0.2, 0) is 11.8 Å². The lowest BCUT2D eigenvalue weighted by atomic mass is 9.65. The van der Waals surface area contributed by atoms with Crippen LogP contribution in [0.1, 0.15) is 32.1 Å². The average Bonchev–Trinajstić information content (AvgIpc) is 2.94. The number of nitrogens with zero attached hydrogens (tertiary/aromatic N) is 3. The maximum absolute atomic E-state index is 12.7. The van der Waals surface area contributed by atoms with Gasteiger partial charge in [-0.15, -0.1) is 12.4 Å². The second kappa shape index (κ2) is 7.86. The van der Waals surface area contributed by atoms with Crippen molar-refractivity contribution < 1.29 is 4.79 Å². The smallest absolute Gasteiger partial charge is 0.327 e. The van der Waals surface area contributed by atoms with E-state index in [0.717, 1.165) is 31.4 Å². The van der Waals surface area contributed by atoms with Crippen molar-refractivity contribution in [1.29, 1.82) is 0 Å². The van der Waals surface area contributed by atoms with Gasteiger partial charge in [-0.05, 0) is 61.8 Å². The summed E-state index contributed by atoms with van der Waals surface area (Å²) in [6, 6.07) is 7.46. The predicted octanol–water partition coefficient (Wildman–Crippen LogP) is 2.08. The summed E-state index contributed by atoms with van der Waals surface area (Å²) in [5.74, 6) is 1.09. The van der Waals surface area contributed by atoms with E-state index in [1.165, 1.54) is 22.0 Å². The molecule has 0 radical (unpaired) electrons. The lowest BCUT2D eigenvalue weighted by Gasteiger charge is -2.43. The fraction of sp³-hybridized carbons (Fsp3) is 0.526. The van der Waals surface area contributed by atoms with Gasteiger partial charge in [0.25, 0.3) is 0 Å². The van der Waals surface area contributed by atoms with E-state index in [0.29, 0.717) is 17.5 Å². The van der Waals surface area contributed by atoms with Crippen molar-refractivity contribution in [2.24, 2.45) is 30.5 Å². The van der Waals surface area contributed by atoms with Gasteiger partial charge in [-0.25, -0.2) is 4.79 Å². The summed E-state index contributed by atoms with van der Waals surface area (Å²) in [6.45, 7) is 0. The Morgan fingerprint density at radius 2 is 1.81 bits per heavy atom. The molecule has 1 heterocycles. The van der Waals surface area contributed by atoms with Crippen LogP contribution in [0.4, 0.5) is 5.69 Å². The van der Waals surface area contributed by atoms with Crippen LogP contribution < -0.4 is 16.7 Å². The van der Waals surface area contributed by atoms with Crippen LogP contribution in [0.25, 0.3) is 5.69 Å². The van der Waals surface area contributed by atoms with Crippen LogP contribution >= 0.6 is 12.4 Å². The molecular weight excluding hydrogens is 366 g/mol. The summed E-state index contributed by atoms with van der Waals surface area (Å²) in [5, 5.41) is 7.08. The summed E-state index contributed by atoms with van der Waals surface area (Å²) in [7, 11) is 1.66. The summed E-state index contributed by atoms with van der Waals surface area (Å²) < 4.78 is 2.75. The van der Waals surface area contributed by atoms with E-state index >= 15 is 0 Å². The molecular formula is C19H26ClN5O2. The molecule has 2 saturated carbocycles. The quantitative estimate of drug-likeness (QED) is 0.837. The Balaban J connectivity index is 0.00000210. The molecule has 4 rings (SSSR count). The molecule has 27 heavy (non-hydrogen) atoms. The first kappa shape index (κ1) is 19.6. The van der Waals surface area contributed by atoms with Crippen LogP contribution in [0.5, 0.6) is 0 Å². The highest BCUT2D eigenvalue weighted by Crippen LogP contribution is 2.42. The third kappa shape index (κ3) is 3.80. The molecule has 2 aromatic rings. The number of rotatable bonds is 3. The van der Waals surface area contributed by atoms with Gasteiger partial charge < -0.3 is 11.1 Å². The molecule has 2 unspecified atom stereocenters. The number of aromatic nitrogens is 3. The van der Waals surface area contributed by atoms with Crippen molar-refractivity contribution in [1.82, 2.24) is 14.3 Å². The Hall–Kier alpha value is -2.12. The molecule has 0 saturated heterocycles. The monoisotopic (exact) mass is 391 g/mol. The third-order valence-electron chi connectivity index (χ3n) is 5.99. The number of nitrogens with two attached hydrogens (primary N) is 1. The number of hydrogen-bond donors (Lipinski definition) is 2. The maximum atomic E-state index is 12.7. The van der Waals surface area contributed by atoms with Crippen LogP contribution in [0.2, 0.25) is 0 Å². The predicted molar refractivity (Wildman–Crippen MR) is 106 cm³/mol. The molecule has 2 bridgehead atoms. The van der Waals surface area contributed by atoms with E-state index < -0.39 is 0 Å². The van der Waals surface area contributed by atoms with E-state index in [9.17, 15) is 9.59 Å². The van der Waals surface area contributed by atoms with Gasteiger partial charge >= 0.3 is 5.69 Å². The van der Waals surface area contributed by atoms with Gasteiger partial charge in [0.05, 0.1) is 5.69 Å². The summed E-state index contributed by atoms with van der Waals surface area (Å²) >= 11 is 0. The SMILES string of the molecule is Cl.Cn1cnn(-c2ccc(NC(=O)C3CC4CCCC(C3)C4N)cc2)c1=O. The molecule has 2 fully saturated rings. The highest BCUT2D eigenvalue weighted by atomic mass is 35.5. The summed E-state index contributed by atoms with van der Waals surface area (Å²) in [4.78, 5) is 24.6. The van der Waals surface area contributed by atoms with E-state index in [2.05, 4.69) is 10.4 Å². The number of halogens is 1. The summed E-state index contributed by atoms with van der Waals surface area (Å²) in [6.07, 6.45) is 6.80. The van der Waals surface area contributed by atoms with Gasteiger partial charge in [0.2, 0.25) is 5.91 Å². The molecule has 146 valence electrons. The topological polar surface area (TPSA) is 94.9 Å². The average molecular weight is 392 g/mol. The van der Waals surface area contributed by atoms with Gasteiger partial charge in [0.15, 0.2) is 0 Å². The lowest BCUT2D eigenvalue weighted by molar-refractivity contribution is -0.122. The Kier molecular flexibility index (Phi) is 5.72. The van der Waals surface area contributed by atoms with E-state index in [1.807, 2.05) is 12.1 Å². The van der Waals surface area contributed by atoms with Crippen LogP contribution in [0.3, 0.4) is 0 Å². The first-order valence-corrected chi connectivity index (χ1v) is 9.30. The number of nitrogens with one attached hydrogen (secondary N) is 1. The first-order valence-electron chi connectivity index (χ1n) is 9.30. The molecule has 2 aliphatic rings. The number of fused-ring (bicyclic) bond motifs is 2. The number of carbonyl (C=O) groups excluding carboxylic acids is 1. The van der Waals surface area contributed by atoms with Crippen molar-refractivity contribution in [3.8, 4) is 5.69 Å². The zero-order valence-corrected chi connectivity index (χ0v) is 16.2. The fourth-order valence-electron chi connectivity index (χ4n) is 4.49. The Bertz CT molecular complexity index is 846. The number of hydrogen-bond acceptors (Lipinski definition) is 4. The normalized spacial score (nSPS) is 26.9. The largest absolute Gasteiger partial charge is 0.350 e. The molecule has 2 aliphatic carbocycles. The Morgan fingerprint density at radius 1 is 1.19 bits per heavy atom. The number of amides is 1. The summed E-state index contributed by atoms with van der Waals surface area (Å²) in [5.41, 5.74) is 7.53. The zero-order chi connectivity index (χ0) is 18.3. The molecule has 7 nitrogen and oxygen atoms in total. The van der Waals surface area contributed by atoms with Gasteiger partial charge in [-0.2, -0.15) is 9.78 Å². The van der Waals surface area contributed by atoms with Gasteiger partial charge in [-0.1, -0.05) is 6.42 Å². The molecule has 0 aliphatic heterocycles. The standard InChI is InChI=1S/C19H25N5O2.ClH/c1-23-11-21-24(19(23)26)16-7-5-15(6-8-16)22-18(25)14-9-12-3-2-4-13(10-14)17(12)20;/h5-8,11-14,17H,2-4,9-10,20H2,1H3,(H,22,25);1H. The molecule has 1 amide bonds. The number of carbonyl (C=O) groups is 1. The van der Waals surface area contributed by atoms with Gasteiger partial charge in [0.1, 0.15) is 6.33 Å². The van der Waals surface area contributed by atoms with E-state index in [1.54, 1.807) is 19.2 Å². The van der Waals surface area contributed by atoms with Crippen molar-refractivity contribution in [3.63, 3.8) is 0 Å². The lowest BCUT2D eigenvalue weighted by Crippen LogP contribution is -2.48. The van der Waals surface area contributed by atoms with Crippen LogP contribution in [-0.4, -0.2) is 26.3 Å². The van der Waals surface area contributed by atoms with Crippen molar-refractivity contribution in [2.45, 2.75) is 38.1 Å². The van der Waals surface area contributed by atoms with Crippen LogP contribution in [0, 0.1) is 17.8 Å². The second-order valence-corrected chi connectivity index (χ2v) is 7.67. The van der Waals surface area contributed by atoms with E-state index in [-0.39, 0.29) is 36.0 Å². The zero-order valence-electron chi connectivity index (χ0n) is 15.4. The van der Waals surface area contributed by atoms with Gasteiger partial charge in [-0.3, -0.25) is 9.36 Å². The molecule has 0 spiro atoms. The van der Waals surface area contributed by atoms with Crippen molar-refractivity contribution >= 4 is 24.0 Å². The van der Waals surface area contributed by atoms with Crippen LogP contribution in [0.15, 0.2) is 35.4 Å². The number of benzene rings is 1. The molecule has 1 aromatic heterocycles. The van der Waals surface area contributed by atoms with Gasteiger partial charge in [0, 0.05) is 24.7 Å². The number of anilines is 1. The minimum absolute atomic E-state index is 0. The van der Waals surface area contributed by atoms with Crippen molar-refractivity contribution in [3.05, 3.63) is 41.1 Å². The molecule has 3 N–H and O–H groups in total. The minimum Gasteiger partial charge on any atom is -0.327 e. The highest BCUT2D eigenvalue weighted by Gasteiger charge is 2.40. The maximum Gasteiger partial charge on any atom is 0.350 e. The highest BCUT2D eigenvalue weighted by molar-refractivity contribution is 5.92. The van der Waals surface area contributed by atoms with Crippen molar-refractivity contribution in [2.75, 3.05) is 5.32 Å². The Labute approximate surface area is 164 Å².